The van der Waals surface area contributed by atoms with E-state index in [2.05, 4.69) is 139 Å². The maximum absolute atomic E-state index is 7.29. The highest BCUT2D eigenvalue weighted by molar-refractivity contribution is 5.53. The molecule has 0 amide bonds. The van der Waals surface area contributed by atoms with Crippen LogP contribution in [0.1, 0.15) is 109 Å². The Labute approximate surface area is 390 Å². The highest BCUT2D eigenvalue weighted by Crippen LogP contribution is 2.54. The van der Waals surface area contributed by atoms with Crippen LogP contribution in [0.3, 0.4) is 0 Å². The largest absolute Gasteiger partial charge is 0.493 e. The summed E-state index contributed by atoms with van der Waals surface area (Å²) in [6, 6.07) is 0.854. The fourth-order valence-electron chi connectivity index (χ4n) is 15.7. The van der Waals surface area contributed by atoms with E-state index in [-0.39, 0.29) is 12.2 Å². The van der Waals surface area contributed by atoms with E-state index in [1.54, 1.807) is 28.0 Å². The molecule has 336 valence electrons. The molecule has 13 rings (SSSR count). The Morgan fingerprint density at radius 2 is 1.48 bits per heavy atom. The smallest absolute Gasteiger partial charge is 0.109 e. The Hall–Kier alpha value is -4.34. The molecule has 65 heavy (non-hydrogen) atoms. The van der Waals surface area contributed by atoms with Crippen LogP contribution >= 0.6 is 0 Å². The van der Waals surface area contributed by atoms with Gasteiger partial charge in [0.1, 0.15) is 11.9 Å². The number of ether oxygens (including phenoxy) is 2. The molecule has 3 nitrogen and oxygen atoms in total. The summed E-state index contributed by atoms with van der Waals surface area (Å²) < 4.78 is 14.3. The standard InChI is InChI=1S/C62H71NO2/c1-3-15-41(16-4-1)49-25-13-30-56-57-38-43(33-36-59(57)64-60(49)56)40-31-34-46(35-32-40)63(58-39-45-19-7-8-22-48(45)52-23-9-10-24-53(52)58)47-21-11-20-44(37-47)51-27-14-29-55-54-28-12-26-50(61(54)65-62(51)55)42-17-5-2-6-18-42/h1-3,5-6,8-9,11-12,14,17,20,22-23,25,27-28,33-34,36-38,40-42,45,47,50,53-61H,4,7,10,13,15-16,18-19,21,24,26,29-32,35,39H2/t40?,41?,42?,45?,47?,50?,53?,54?,55?,56?,57?,58-,59?,60?,61?/m1/s1. The highest BCUT2D eigenvalue weighted by Gasteiger charge is 2.50. The van der Waals surface area contributed by atoms with Crippen molar-refractivity contribution in [3.05, 3.63) is 179 Å². The molecule has 0 aromatic carbocycles. The van der Waals surface area contributed by atoms with E-state index in [4.69, 9.17) is 9.47 Å². The number of fused-ring (bicyclic) bond motifs is 8. The fourth-order valence-corrected chi connectivity index (χ4v) is 15.7. The fraction of sp³-hybridized carbons (Fsp3) is 0.516. The first-order chi connectivity index (χ1) is 32.2. The second kappa shape index (κ2) is 17.4. The average Bonchev–Trinajstić information content (AvgIpc) is 3.96. The van der Waals surface area contributed by atoms with E-state index in [0.717, 1.165) is 38.5 Å². The summed E-state index contributed by atoms with van der Waals surface area (Å²) in [5.74, 6) is 6.94. The summed E-state index contributed by atoms with van der Waals surface area (Å²) in [6.45, 7) is 0. The molecule has 2 aliphatic heterocycles. The molecular weight excluding hydrogens is 791 g/mol. The molecular formula is C62H71NO2. The zero-order valence-electron chi connectivity index (χ0n) is 38.6. The van der Waals surface area contributed by atoms with Crippen LogP contribution in [0.25, 0.3) is 0 Å². The molecule has 2 saturated heterocycles. The summed E-state index contributed by atoms with van der Waals surface area (Å²) in [7, 11) is 0. The van der Waals surface area contributed by atoms with Gasteiger partial charge in [0.15, 0.2) is 0 Å². The molecule has 0 N–H and O–H groups in total. The van der Waals surface area contributed by atoms with E-state index in [1.807, 2.05) is 0 Å². The Kier molecular flexibility index (Phi) is 10.9. The van der Waals surface area contributed by atoms with Crippen LogP contribution in [0.15, 0.2) is 179 Å². The normalized spacial score (nSPS) is 41.9. The monoisotopic (exact) mass is 862 g/mol. The number of allylic oxidation sites excluding steroid dienone is 23. The van der Waals surface area contributed by atoms with E-state index in [0.29, 0.717) is 77.4 Å². The molecule has 0 spiro atoms. The summed E-state index contributed by atoms with van der Waals surface area (Å²) in [6.07, 6.45) is 75.8. The van der Waals surface area contributed by atoms with Crippen molar-refractivity contribution in [2.45, 2.75) is 140 Å². The third-order valence-corrected chi connectivity index (χ3v) is 18.9. The summed E-state index contributed by atoms with van der Waals surface area (Å²) in [5, 5.41) is 0. The molecule has 11 aliphatic carbocycles. The Morgan fingerprint density at radius 3 is 2.37 bits per heavy atom. The second-order valence-electron chi connectivity index (χ2n) is 22.2. The van der Waals surface area contributed by atoms with Crippen molar-refractivity contribution in [1.29, 1.82) is 0 Å². The second-order valence-corrected chi connectivity index (χ2v) is 22.2. The van der Waals surface area contributed by atoms with Gasteiger partial charge in [-0.1, -0.05) is 134 Å². The van der Waals surface area contributed by atoms with Gasteiger partial charge in [-0.05, 0) is 167 Å². The minimum absolute atomic E-state index is 0.242. The molecule has 0 aromatic heterocycles. The van der Waals surface area contributed by atoms with Crippen LogP contribution < -0.4 is 0 Å². The Bertz CT molecular complexity index is 2390. The topological polar surface area (TPSA) is 21.7 Å². The lowest BCUT2D eigenvalue weighted by atomic mass is 9.66. The first kappa shape index (κ1) is 40.9. The SMILES string of the molecule is C1=CCC(C2CC=CC3C4CC=CC(C5=CC(N(C6=CCC(C7=CC8C(C=C7)OC7C(C9CC=CCC9)=CCCC78)CC6)[C@@H]6CC7CCC=CC7=C7C=CCCC76)CC=C5)=C4OC32)C=C1. The van der Waals surface area contributed by atoms with Crippen LogP contribution in [-0.2, 0) is 9.47 Å². The molecule has 0 saturated carbocycles. The van der Waals surface area contributed by atoms with E-state index >= 15 is 0 Å². The number of hydrogen-bond donors (Lipinski definition) is 0. The molecule has 14 unspecified atom stereocenters. The molecule has 2 fully saturated rings. The molecule has 0 bridgehead atoms. The third-order valence-electron chi connectivity index (χ3n) is 18.9. The van der Waals surface area contributed by atoms with Crippen LogP contribution in [0, 0.1) is 59.2 Å². The van der Waals surface area contributed by atoms with Crippen molar-refractivity contribution < 1.29 is 9.47 Å². The predicted molar refractivity (Wildman–Crippen MR) is 265 cm³/mol. The van der Waals surface area contributed by atoms with Crippen LogP contribution in [-0.4, -0.2) is 35.3 Å². The van der Waals surface area contributed by atoms with Gasteiger partial charge in [-0.2, -0.15) is 0 Å². The van der Waals surface area contributed by atoms with Crippen molar-refractivity contribution in [2.75, 3.05) is 0 Å². The van der Waals surface area contributed by atoms with Gasteiger partial charge in [0.25, 0.3) is 0 Å². The third kappa shape index (κ3) is 7.32. The number of hydrogen-bond acceptors (Lipinski definition) is 3. The van der Waals surface area contributed by atoms with Crippen molar-refractivity contribution in [1.82, 2.24) is 4.90 Å². The van der Waals surface area contributed by atoms with Crippen LogP contribution in [0.5, 0.6) is 0 Å². The van der Waals surface area contributed by atoms with Crippen molar-refractivity contribution in [3.63, 3.8) is 0 Å². The summed E-state index contributed by atoms with van der Waals surface area (Å²) in [4.78, 5) is 3.04. The van der Waals surface area contributed by atoms with Gasteiger partial charge in [-0.25, -0.2) is 0 Å². The van der Waals surface area contributed by atoms with Crippen molar-refractivity contribution >= 4 is 0 Å². The quantitative estimate of drug-likeness (QED) is 0.238. The maximum atomic E-state index is 7.29. The Morgan fingerprint density at radius 1 is 0.569 bits per heavy atom. The van der Waals surface area contributed by atoms with Gasteiger partial charge in [0.2, 0.25) is 0 Å². The van der Waals surface area contributed by atoms with Gasteiger partial charge in [0.05, 0.1) is 18.2 Å². The van der Waals surface area contributed by atoms with E-state index < -0.39 is 0 Å². The lowest BCUT2D eigenvalue weighted by Crippen LogP contribution is -2.50. The maximum Gasteiger partial charge on any atom is 0.109 e. The van der Waals surface area contributed by atoms with Gasteiger partial charge >= 0.3 is 0 Å². The number of rotatable bonds is 7. The molecule has 0 radical (unpaired) electrons. The van der Waals surface area contributed by atoms with Gasteiger partial charge in [0, 0.05) is 46.9 Å². The molecule has 2 heterocycles. The van der Waals surface area contributed by atoms with Crippen molar-refractivity contribution in [3.8, 4) is 0 Å². The Balaban J connectivity index is 0.806. The average molecular weight is 862 g/mol. The van der Waals surface area contributed by atoms with Crippen LogP contribution in [0.2, 0.25) is 0 Å². The lowest BCUT2D eigenvalue weighted by Gasteiger charge is -2.51. The minimum Gasteiger partial charge on any atom is -0.493 e. The zero-order chi connectivity index (χ0) is 42.8. The molecule has 3 heteroatoms. The molecule has 0 aromatic rings. The molecule has 13 aliphatic rings. The summed E-state index contributed by atoms with van der Waals surface area (Å²) in [5.41, 5.74) is 10.9. The zero-order valence-corrected chi connectivity index (χ0v) is 38.6. The van der Waals surface area contributed by atoms with Crippen LogP contribution in [0.4, 0.5) is 0 Å². The van der Waals surface area contributed by atoms with E-state index in [9.17, 15) is 0 Å². The molecule has 15 atom stereocenters. The first-order valence-corrected chi connectivity index (χ1v) is 26.6. The van der Waals surface area contributed by atoms with Gasteiger partial charge in [-0.15, -0.1) is 0 Å². The number of nitrogens with zero attached hydrogens (tertiary/aromatic N) is 1. The van der Waals surface area contributed by atoms with Gasteiger partial charge in [-0.3, -0.25) is 0 Å². The minimum atomic E-state index is 0.242. The lowest BCUT2D eigenvalue weighted by molar-refractivity contribution is 0.0588. The van der Waals surface area contributed by atoms with Gasteiger partial charge < -0.3 is 14.4 Å². The first-order valence-electron chi connectivity index (χ1n) is 26.6. The summed E-state index contributed by atoms with van der Waals surface area (Å²) >= 11 is 0. The highest BCUT2D eigenvalue weighted by atomic mass is 16.5. The van der Waals surface area contributed by atoms with E-state index in [1.165, 1.54) is 87.5 Å². The predicted octanol–water partition coefficient (Wildman–Crippen LogP) is 14.4. The van der Waals surface area contributed by atoms with Crippen molar-refractivity contribution in [2.24, 2.45) is 59.2 Å².